The highest BCUT2D eigenvalue weighted by atomic mass is 16.7. The van der Waals surface area contributed by atoms with Gasteiger partial charge in [-0.3, -0.25) is 0 Å². The predicted octanol–water partition coefficient (Wildman–Crippen LogP) is 4.69. The van der Waals surface area contributed by atoms with Gasteiger partial charge in [-0.15, -0.1) is 0 Å². The zero-order valence-corrected chi connectivity index (χ0v) is 14.5. The van der Waals surface area contributed by atoms with Gasteiger partial charge in [-0.2, -0.15) is 0 Å². The maximum Gasteiger partial charge on any atom is 0.231 e. The Bertz CT molecular complexity index is 748. The summed E-state index contributed by atoms with van der Waals surface area (Å²) in [6.45, 7) is 5.39. The highest BCUT2D eigenvalue weighted by Crippen LogP contribution is 2.53. The van der Waals surface area contributed by atoms with Crippen molar-refractivity contribution in [3.8, 4) is 23.0 Å². The van der Waals surface area contributed by atoms with E-state index in [2.05, 4.69) is 38.1 Å². The van der Waals surface area contributed by atoms with Gasteiger partial charge in [0, 0.05) is 0 Å². The summed E-state index contributed by atoms with van der Waals surface area (Å²) in [7, 11) is 0. The molecule has 2 aromatic carbocycles. The Morgan fingerprint density at radius 3 is 1.56 bits per heavy atom. The van der Waals surface area contributed by atoms with Gasteiger partial charge in [-0.25, -0.2) is 0 Å². The quantitative estimate of drug-likeness (QED) is 0.796. The maximum absolute atomic E-state index is 5.57. The summed E-state index contributed by atoms with van der Waals surface area (Å²) in [6.07, 6.45) is 1.14. The molecule has 0 aromatic heterocycles. The zero-order valence-electron chi connectivity index (χ0n) is 14.5. The number of ether oxygens (including phenoxy) is 4. The van der Waals surface area contributed by atoms with Crippen LogP contribution in [-0.2, 0) is 0 Å². The van der Waals surface area contributed by atoms with Gasteiger partial charge in [-0.05, 0) is 65.5 Å². The van der Waals surface area contributed by atoms with Crippen molar-refractivity contribution in [1.82, 2.24) is 0 Å². The molecule has 130 valence electrons. The molecule has 4 nitrogen and oxygen atoms in total. The van der Waals surface area contributed by atoms with Gasteiger partial charge in [0.05, 0.1) is 0 Å². The first-order valence-electron chi connectivity index (χ1n) is 9.00. The average Bonchev–Trinajstić information content (AvgIpc) is 3.34. The molecular weight excluding hydrogens is 316 g/mol. The van der Waals surface area contributed by atoms with Crippen molar-refractivity contribution < 1.29 is 18.9 Å². The van der Waals surface area contributed by atoms with E-state index < -0.39 is 0 Å². The monoisotopic (exact) mass is 338 g/mol. The van der Waals surface area contributed by atoms with E-state index >= 15 is 0 Å². The maximum atomic E-state index is 5.57. The Kier molecular flexibility index (Phi) is 3.34. The van der Waals surface area contributed by atoms with Crippen molar-refractivity contribution in [1.29, 1.82) is 0 Å². The van der Waals surface area contributed by atoms with Crippen LogP contribution in [0.3, 0.4) is 0 Å². The molecule has 25 heavy (non-hydrogen) atoms. The molecule has 4 heteroatoms. The van der Waals surface area contributed by atoms with Crippen LogP contribution in [0.4, 0.5) is 0 Å². The van der Waals surface area contributed by atoms with E-state index in [1.807, 2.05) is 12.1 Å². The topological polar surface area (TPSA) is 36.9 Å². The molecule has 4 atom stereocenters. The van der Waals surface area contributed by atoms with Gasteiger partial charge in [0.2, 0.25) is 13.6 Å². The summed E-state index contributed by atoms with van der Waals surface area (Å²) in [5, 5.41) is 0. The summed E-state index contributed by atoms with van der Waals surface area (Å²) in [4.78, 5) is 0. The summed E-state index contributed by atoms with van der Waals surface area (Å²) in [5.41, 5.74) is 2.71. The van der Waals surface area contributed by atoms with Crippen molar-refractivity contribution in [2.45, 2.75) is 32.1 Å². The van der Waals surface area contributed by atoms with Crippen molar-refractivity contribution in [3.63, 3.8) is 0 Å². The molecular formula is C21H22O4. The third-order valence-corrected chi connectivity index (χ3v) is 6.26. The molecule has 2 heterocycles. The van der Waals surface area contributed by atoms with Crippen LogP contribution in [0.25, 0.3) is 0 Å². The molecule has 1 fully saturated rings. The Morgan fingerprint density at radius 2 is 1.08 bits per heavy atom. The molecule has 0 radical (unpaired) electrons. The highest BCUT2D eigenvalue weighted by molar-refractivity contribution is 5.48. The largest absolute Gasteiger partial charge is 0.454 e. The van der Waals surface area contributed by atoms with Crippen LogP contribution in [0.15, 0.2) is 36.4 Å². The summed E-state index contributed by atoms with van der Waals surface area (Å²) < 4.78 is 22.0. The van der Waals surface area contributed by atoms with Crippen molar-refractivity contribution in [3.05, 3.63) is 47.5 Å². The highest BCUT2D eigenvalue weighted by Gasteiger charge is 2.40. The van der Waals surface area contributed by atoms with Gasteiger partial charge < -0.3 is 18.9 Å². The van der Waals surface area contributed by atoms with Crippen LogP contribution < -0.4 is 18.9 Å². The molecule has 0 spiro atoms. The van der Waals surface area contributed by atoms with Gasteiger partial charge in [-0.1, -0.05) is 26.0 Å². The molecule has 2 aliphatic heterocycles. The molecule has 0 amide bonds. The molecule has 0 saturated heterocycles. The lowest BCUT2D eigenvalue weighted by Gasteiger charge is -2.20. The lowest BCUT2D eigenvalue weighted by atomic mass is 9.85. The summed E-state index contributed by atoms with van der Waals surface area (Å²) in [5.74, 6) is 5.74. The molecule has 0 N–H and O–H groups in total. The first kappa shape index (κ1) is 14.9. The smallest absolute Gasteiger partial charge is 0.231 e. The number of hydrogen-bond donors (Lipinski definition) is 0. The Balaban J connectivity index is 1.44. The predicted molar refractivity (Wildman–Crippen MR) is 93.6 cm³/mol. The Hall–Kier alpha value is -2.36. The second-order valence-electron chi connectivity index (χ2n) is 7.39. The summed E-state index contributed by atoms with van der Waals surface area (Å²) in [6, 6.07) is 12.8. The van der Waals surface area contributed by atoms with E-state index in [0.29, 0.717) is 37.3 Å². The zero-order chi connectivity index (χ0) is 17.0. The average molecular weight is 338 g/mol. The van der Waals surface area contributed by atoms with Crippen LogP contribution in [0, 0.1) is 11.8 Å². The van der Waals surface area contributed by atoms with E-state index in [1.165, 1.54) is 11.1 Å². The molecule has 5 rings (SSSR count). The SMILES string of the molecule is C[C@@H]1[C@H](C)[C@@H](c2ccc3c(c2)OCO3)C[C@H]1c1ccc2c(c1)OCO2. The van der Waals surface area contributed by atoms with Crippen LogP contribution >= 0.6 is 0 Å². The van der Waals surface area contributed by atoms with E-state index in [1.54, 1.807) is 0 Å². The van der Waals surface area contributed by atoms with Gasteiger partial charge >= 0.3 is 0 Å². The third-order valence-electron chi connectivity index (χ3n) is 6.26. The van der Waals surface area contributed by atoms with Crippen LogP contribution in [0.5, 0.6) is 23.0 Å². The lowest BCUT2D eigenvalue weighted by Crippen LogP contribution is -2.09. The molecule has 2 aromatic rings. The number of fused-ring (bicyclic) bond motifs is 2. The van der Waals surface area contributed by atoms with E-state index in [-0.39, 0.29) is 0 Å². The van der Waals surface area contributed by atoms with Gasteiger partial charge in [0.1, 0.15) is 0 Å². The number of rotatable bonds is 2. The minimum atomic E-state index is 0.329. The van der Waals surface area contributed by atoms with E-state index in [4.69, 9.17) is 18.9 Å². The molecule has 0 unspecified atom stereocenters. The third kappa shape index (κ3) is 2.35. The lowest BCUT2D eigenvalue weighted by molar-refractivity contribution is 0.173. The minimum absolute atomic E-state index is 0.329. The fourth-order valence-electron chi connectivity index (χ4n) is 4.60. The first-order chi connectivity index (χ1) is 12.2. The number of benzene rings is 2. The van der Waals surface area contributed by atoms with E-state index in [9.17, 15) is 0 Å². The minimum Gasteiger partial charge on any atom is -0.454 e. The second kappa shape index (κ2) is 5.58. The normalized spacial score (nSPS) is 29.2. The summed E-state index contributed by atoms with van der Waals surface area (Å²) >= 11 is 0. The Labute approximate surface area is 147 Å². The number of hydrogen-bond acceptors (Lipinski definition) is 4. The second-order valence-corrected chi connectivity index (χ2v) is 7.39. The fourth-order valence-corrected chi connectivity index (χ4v) is 4.60. The van der Waals surface area contributed by atoms with E-state index in [0.717, 1.165) is 29.4 Å². The van der Waals surface area contributed by atoms with Crippen LogP contribution in [0.1, 0.15) is 43.2 Å². The fraction of sp³-hybridized carbons (Fsp3) is 0.429. The van der Waals surface area contributed by atoms with Crippen LogP contribution in [0.2, 0.25) is 0 Å². The van der Waals surface area contributed by atoms with Gasteiger partial charge in [0.15, 0.2) is 23.0 Å². The molecule has 1 aliphatic carbocycles. The molecule has 0 bridgehead atoms. The molecule has 3 aliphatic rings. The van der Waals surface area contributed by atoms with Crippen molar-refractivity contribution in [2.24, 2.45) is 11.8 Å². The first-order valence-corrected chi connectivity index (χ1v) is 9.00. The van der Waals surface area contributed by atoms with Crippen LogP contribution in [-0.4, -0.2) is 13.6 Å². The molecule has 1 saturated carbocycles. The Morgan fingerprint density at radius 1 is 0.640 bits per heavy atom. The standard InChI is InChI=1S/C21H22O4/c1-12-13(2)17(15-4-6-19-21(8-15)25-11-23-19)9-16(12)14-3-5-18-20(7-14)24-10-22-18/h3-8,12-13,16-17H,9-11H2,1-2H3/t12-,13+,16-,17+. The van der Waals surface area contributed by atoms with Gasteiger partial charge in [0.25, 0.3) is 0 Å². The van der Waals surface area contributed by atoms with Crippen molar-refractivity contribution >= 4 is 0 Å². The van der Waals surface area contributed by atoms with Crippen molar-refractivity contribution in [2.75, 3.05) is 13.6 Å².